The second-order valence-corrected chi connectivity index (χ2v) is 4.79. The Morgan fingerprint density at radius 3 is 2.71 bits per heavy atom. The van der Waals surface area contributed by atoms with Gasteiger partial charge in [-0.2, -0.15) is 0 Å². The van der Waals surface area contributed by atoms with Crippen molar-refractivity contribution in [3.05, 3.63) is 30.3 Å². The number of β-amino-alcohol motifs (C(OH)–C–C–N with tert-alkyl or cyclic N) is 1. The summed E-state index contributed by atoms with van der Waals surface area (Å²) in [7, 11) is 0. The van der Waals surface area contributed by atoms with Gasteiger partial charge in [0.1, 0.15) is 18.4 Å². The first kappa shape index (κ1) is 15.1. The summed E-state index contributed by atoms with van der Waals surface area (Å²) in [6, 6.07) is 7.69. The van der Waals surface area contributed by atoms with Gasteiger partial charge in [0.2, 0.25) is 0 Å². The lowest BCUT2D eigenvalue weighted by molar-refractivity contribution is -0.141. The number of urea groups is 1. The van der Waals surface area contributed by atoms with Gasteiger partial charge in [-0.05, 0) is 12.1 Å². The fourth-order valence-electron chi connectivity index (χ4n) is 2.22. The fraction of sp³-hybridized carbons (Fsp3) is 0.429. The maximum atomic E-state index is 11.9. The molecule has 1 heterocycles. The number of hydrogen-bond donors (Lipinski definition) is 3. The zero-order valence-corrected chi connectivity index (χ0v) is 11.4. The van der Waals surface area contributed by atoms with Crippen LogP contribution in [0.2, 0.25) is 0 Å². The van der Waals surface area contributed by atoms with Crippen LogP contribution in [0, 0.1) is 0 Å². The molecule has 7 nitrogen and oxygen atoms in total. The molecule has 1 aliphatic heterocycles. The Kier molecular flexibility index (Phi) is 4.99. The zero-order chi connectivity index (χ0) is 15.2. The van der Waals surface area contributed by atoms with Gasteiger partial charge in [0.25, 0.3) is 0 Å². The number of carbonyl (C=O) groups excluding carboxylic acids is 1. The van der Waals surface area contributed by atoms with E-state index in [1.165, 1.54) is 0 Å². The Morgan fingerprint density at radius 1 is 1.33 bits per heavy atom. The Hall–Kier alpha value is -2.28. The van der Waals surface area contributed by atoms with E-state index in [-0.39, 0.29) is 26.1 Å². The molecule has 2 unspecified atom stereocenters. The summed E-state index contributed by atoms with van der Waals surface area (Å²) in [5.41, 5.74) is 0. The van der Waals surface area contributed by atoms with Gasteiger partial charge in [0, 0.05) is 13.0 Å². The normalized spacial score (nSPS) is 21.1. The van der Waals surface area contributed by atoms with E-state index in [9.17, 15) is 14.7 Å². The first-order valence-electron chi connectivity index (χ1n) is 6.71. The molecule has 1 aromatic rings. The van der Waals surface area contributed by atoms with E-state index in [1.54, 1.807) is 12.1 Å². The number of likely N-dealkylation sites (tertiary alicyclic amines) is 1. The molecule has 0 aromatic heterocycles. The van der Waals surface area contributed by atoms with Gasteiger partial charge in [-0.25, -0.2) is 9.59 Å². The monoisotopic (exact) mass is 294 g/mol. The van der Waals surface area contributed by atoms with Crippen LogP contribution in [0.1, 0.15) is 6.42 Å². The standard InChI is InChI=1S/C14H18N2O5/c17-10-8-12(13(18)19)16(9-10)14(20)15-6-7-21-11-4-2-1-3-5-11/h1-5,10,12,17H,6-9H2,(H,15,20)(H,18,19). The average Bonchev–Trinajstić information content (AvgIpc) is 2.87. The topological polar surface area (TPSA) is 99.1 Å². The molecular weight excluding hydrogens is 276 g/mol. The summed E-state index contributed by atoms with van der Waals surface area (Å²) in [5.74, 6) is -0.408. The number of aliphatic hydroxyl groups is 1. The highest BCUT2D eigenvalue weighted by Crippen LogP contribution is 2.18. The van der Waals surface area contributed by atoms with Crippen LogP contribution in [0.15, 0.2) is 30.3 Å². The first-order chi connectivity index (χ1) is 10.1. The maximum absolute atomic E-state index is 11.9. The van der Waals surface area contributed by atoms with Crippen molar-refractivity contribution in [1.82, 2.24) is 10.2 Å². The molecule has 0 spiro atoms. The highest BCUT2D eigenvalue weighted by Gasteiger charge is 2.38. The number of amides is 2. The average molecular weight is 294 g/mol. The Labute approximate surface area is 122 Å². The van der Waals surface area contributed by atoms with Crippen LogP contribution in [0.5, 0.6) is 5.75 Å². The lowest BCUT2D eigenvalue weighted by Gasteiger charge is -2.21. The van der Waals surface area contributed by atoms with Crippen molar-refractivity contribution in [1.29, 1.82) is 0 Å². The number of carbonyl (C=O) groups is 2. The molecule has 21 heavy (non-hydrogen) atoms. The SMILES string of the molecule is O=C(O)C1CC(O)CN1C(=O)NCCOc1ccccc1. The molecule has 1 aliphatic rings. The van der Waals surface area contributed by atoms with E-state index >= 15 is 0 Å². The number of hydrogen-bond acceptors (Lipinski definition) is 4. The first-order valence-corrected chi connectivity index (χ1v) is 6.71. The second kappa shape index (κ2) is 6.94. The molecule has 1 aromatic carbocycles. The largest absolute Gasteiger partial charge is 0.492 e. The summed E-state index contributed by atoms with van der Waals surface area (Å²) in [6.07, 6.45) is -0.735. The van der Waals surface area contributed by atoms with Crippen molar-refractivity contribution in [3.63, 3.8) is 0 Å². The number of carboxylic acids is 1. The Bertz CT molecular complexity index is 493. The molecule has 0 radical (unpaired) electrons. The van der Waals surface area contributed by atoms with Gasteiger partial charge >= 0.3 is 12.0 Å². The predicted octanol–water partition coefficient (Wildman–Crippen LogP) is 0.295. The van der Waals surface area contributed by atoms with Crippen molar-refractivity contribution in [3.8, 4) is 5.75 Å². The molecule has 2 amide bonds. The summed E-state index contributed by atoms with van der Waals surface area (Å²) < 4.78 is 5.42. The minimum Gasteiger partial charge on any atom is -0.492 e. The number of ether oxygens (including phenoxy) is 1. The number of benzene rings is 1. The summed E-state index contributed by atoms with van der Waals surface area (Å²) >= 11 is 0. The Balaban J connectivity index is 1.75. The van der Waals surface area contributed by atoms with Crippen molar-refractivity contribution >= 4 is 12.0 Å². The van der Waals surface area contributed by atoms with Gasteiger partial charge in [-0.3, -0.25) is 0 Å². The zero-order valence-electron chi connectivity index (χ0n) is 11.4. The van der Waals surface area contributed by atoms with Crippen LogP contribution in [0.3, 0.4) is 0 Å². The number of para-hydroxylation sites is 1. The quantitative estimate of drug-likeness (QED) is 0.678. The van der Waals surface area contributed by atoms with Gasteiger partial charge in [0.05, 0.1) is 12.6 Å². The van der Waals surface area contributed by atoms with Crippen LogP contribution in [-0.2, 0) is 4.79 Å². The number of nitrogens with zero attached hydrogens (tertiary/aromatic N) is 1. The number of carboxylic acid groups (broad SMARTS) is 1. The maximum Gasteiger partial charge on any atom is 0.326 e. The molecule has 0 aliphatic carbocycles. The van der Waals surface area contributed by atoms with Crippen LogP contribution in [0.4, 0.5) is 4.79 Å². The van der Waals surface area contributed by atoms with Gasteiger partial charge in [0.15, 0.2) is 0 Å². The van der Waals surface area contributed by atoms with Gasteiger partial charge < -0.3 is 25.2 Å². The minimum absolute atomic E-state index is 0.0301. The van der Waals surface area contributed by atoms with Crippen LogP contribution < -0.4 is 10.1 Å². The molecule has 2 rings (SSSR count). The predicted molar refractivity (Wildman–Crippen MR) is 74.1 cm³/mol. The van der Waals surface area contributed by atoms with E-state index < -0.39 is 24.1 Å². The highest BCUT2D eigenvalue weighted by molar-refractivity contribution is 5.83. The second-order valence-electron chi connectivity index (χ2n) is 4.79. The lowest BCUT2D eigenvalue weighted by atomic mass is 10.2. The third kappa shape index (κ3) is 4.09. The Morgan fingerprint density at radius 2 is 2.05 bits per heavy atom. The molecule has 1 fully saturated rings. The van der Waals surface area contributed by atoms with E-state index in [0.717, 1.165) is 4.90 Å². The molecular formula is C14H18N2O5. The van der Waals surface area contributed by atoms with Gasteiger partial charge in [-0.1, -0.05) is 18.2 Å². The van der Waals surface area contributed by atoms with Crippen LogP contribution in [0.25, 0.3) is 0 Å². The van der Waals surface area contributed by atoms with E-state index in [1.807, 2.05) is 18.2 Å². The van der Waals surface area contributed by atoms with Crippen LogP contribution >= 0.6 is 0 Å². The number of aliphatic carboxylic acids is 1. The minimum atomic E-state index is -1.11. The number of nitrogens with one attached hydrogen (secondary N) is 1. The number of aliphatic hydroxyl groups excluding tert-OH is 1. The summed E-state index contributed by atoms with van der Waals surface area (Å²) in [6.45, 7) is 0.568. The highest BCUT2D eigenvalue weighted by atomic mass is 16.5. The lowest BCUT2D eigenvalue weighted by Crippen LogP contribution is -2.47. The van der Waals surface area contributed by atoms with E-state index in [0.29, 0.717) is 5.75 Å². The molecule has 2 atom stereocenters. The summed E-state index contributed by atoms with van der Waals surface area (Å²) in [4.78, 5) is 24.1. The van der Waals surface area contributed by atoms with Gasteiger partial charge in [-0.15, -0.1) is 0 Å². The van der Waals surface area contributed by atoms with Crippen molar-refractivity contribution < 1.29 is 24.5 Å². The fourth-order valence-corrected chi connectivity index (χ4v) is 2.22. The smallest absolute Gasteiger partial charge is 0.326 e. The molecule has 3 N–H and O–H groups in total. The molecule has 1 saturated heterocycles. The van der Waals surface area contributed by atoms with Crippen molar-refractivity contribution in [2.24, 2.45) is 0 Å². The van der Waals surface area contributed by atoms with Crippen molar-refractivity contribution in [2.75, 3.05) is 19.7 Å². The molecule has 114 valence electrons. The third-order valence-electron chi connectivity index (χ3n) is 3.22. The summed E-state index contributed by atoms with van der Waals surface area (Å²) in [5, 5.41) is 21.1. The number of rotatable bonds is 5. The molecule has 0 saturated carbocycles. The molecule has 0 bridgehead atoms. The van der Waals surface area contributed by atoms with E-state index in [4.69, 9.17) is 9.84 Å². The van der Waals surface area contributed by atoms with Crippen LogP contribution in [-0.4, -0.2) is 59.0 Å². The third-order valence-corrected chi connectivity index (χ3v) is 3.22. The van der Waals surface area contributed by atoms with Crippen molar-refractivity contribution in [2.45, 2.75) is 18.6 Å². The van der Waals surface area contributed by atoms with E-state index in [2.05, 4.69) is 5.32 Å². The molecule has 7 heteroatoms.